The molecule has 0 spiro atoms. The molecule has 6 nitrogen and oxygen atoms in total. The molecule has 3 aromatic carbocycles. The van der Waals surface area contributed by atoms with E-state index in [2.05, 4.69) is 5.32 Å². The monoisotopic (exact) mass is 428 g/mol. The van der Waals surface area contributed by atoms with Crippen LogP contribution in [0, 0.1) is 0 Å². The fourth-order valence-corrected chi connectivity index (χ4v) is 3.60. The summed E-state index contributed by atoms with van der Waals surface area (Å²) in [7, 11) is 1.56. The lowest BCUT2D eigenvalue weighted by molar-refractivity contribution is -0.120. The molecule has 0 unspecified atom stereocenters. The quantitative estimate of drug-likeness (QED) is 0.518. The lowest BCUT2D eigenvalue weighted by Gasteiger charge is -2.19. The highest BCUT2D eigenvalue weighted by molar-refractivity contribution is 6.46. The number of para-hydroxylation sites is 4. The Morgan fingerprint density at radius 2 is 1.47 bits per heavy atom. The van der Waals surface area contributed by atoms with Crippen molar-refractivity contribution in [1.29, 1.82) is 0 Å². The molecule has 1 heterocycles. The predicted octanol–water partition coefficient (Wildman–Crippen LogP) is 4.88. The van der Waals surface area contributed by atoms with Gasteiger partial charge in [0.2, 0.25) is 0 Å². The van der Waals surface area contributed by atoms with Crippen LogP contribution in [-0.2, 0) is 9.59 Å². The van der Waals surface area contributed by atoms with Crippen LogP contribution in [0.2, 0.25) is 0 Å². The number of methoxy groups -OCH3 is 1. The van der Waals surface area contributed by atoms with E-state index in [0.717, 1.165) is 6.42 Å². The first-order valence-electron chi connectivity index (χ1n) is 10.5. The van der Waals surface area contributed by atoms with Gasteiger partial charge >= 0.3 is 0 Å². The summed E-state index contributed by atoms with van der Waals surface area (Å²) in [6, 6.07) is 23.5. The van der Waals surface area contributed by atoms with Crippen LogP contribution in [0.15, 0.2) is 84.6 Å². The average Bonchev–Trinajstić information content (AvgIpc) is 3.07. The van der Waals surface area contributed by atoms with E-state index in [9.17, 15) is 9.59 Å². The summed E-state index contributed by atoms with van der Waals surface area (Å²) in [5.74, 6) is 0.193. The number of carbonyl (C=O) groups is 2. The molecule has 4 rings (SSSR count). The number of ether oxygens (including phenoxy) is 2. The van der Waals surface area contributed by atoms with Crippen molar-refractivity contribution in [2.45, 2.75) is 13.3 Å². The number of imide groups is 1. The summed E-state index contributed by atoms with van der Waals surface area (Å²) in [5, 5.41) is 3.15. The van der Waals surface area contributed by atoms with Gasteiger partial charge < -0.3 is 14.8 Å². The Morgan fingerprint density at radius 3 is 2.19 bits per heavy atom. The van der Waals surface area contributed by atoms with Gasteiger partial charge in [-0.15, -0.1) is 0 Å². The van der Waals surface area contributed by atoms with Gasteiger partial charge in [0.05, 0.1) is 30.7 Å². The zero-order chi connectivity index (χ0) is 22.5. The summed E-state index contributed by atoms with van der Waals surface area (Å²) < 4.78 is 11.2. The van der Waals surface area contributed by atoms with E-state index in [1.807, 2.05) is 55.5 Å². The summed E-state index contributed by atoms with van der Waals surface area (Å²) >= 11 is 0. The third-order valence-corrected chi connectivity index (χ3v) is 5.08. The van der Waals surface area contributed by atoms with Crippen molar-refractivity contribution in [2.24, 2.45) is 0 Å². The van der Waals surface area contributed by atoms with Crippen LogP contribution in [0.3, 0.4) is 0 Å². The van der Waals surface area contributed by atoms with Gasteiger partial charge in [0.25, 0.3) is 11.8 Å². The topological polar surface area (TPSA) is 67.9 Å². The zero-order valence-corrected chi connectivity index (χ0v) is 18.0. The van der Waals surface area contributed by atoms with Crippen molar-refractivity contribution in [3.05, 3.63) is 90.1 Å². The van der Waals surface area contributed by atoms with Crippen LogP contribution >= 0.6 is 0 Å². The smallest absolute Gasteiger partial charge is 0.282 e. The number of amides is 2. The molecule has 0 saturated carbocycles. The highest BCUT2D eigenvalue weighted by atomic mass is 16.5. The fraction of sp³-hybridized carbons (Fsp3) is 0.154. The van der Waals surface area contributed by atoms with Crippen LogP contribution < -0.4 is 19.7 Å². The number of rotatable bonds is 8. The summed E-state index contributed by atoms with van der Waals surface area (Å²) in [6.45, 7) is 2.48. The van der Waals surface area contributed by atoms with E-state index in [1.165, 1.54) is 4.90 Å². The van der Waals surface area contributed by atoms with Gasteiger partial charge in [0.1, 0.15) is 17.2 Å². The van der Waals surface area contributed by atoms with Gasteiger partial charge in [-0.3, -0.25) is 9.59 Å². The van der Waals surface area contributed by atoms with Gasteiger partial charge in [-0.1, -0.05) is 61.5 Å². The van der Waals surface area contributed by atoms with Crippen LogP contribution in [-0.4, -0.2) is 25.5 Å². The lowest BCUT2D eigenvalue weighted by atomic mass is 10.0. The lowest BCUT2D eigenvalue weighted by Crippen LogP contribution is -2.32. The Bertz CT molecular complexity index is 1170. The number of nitrogens with one attached hydrogen (secondary N) is 1. The molecule has 6 heteroatoms. The molecule has 3 aromatic rings. The molecule has 0 saturated heterocycles. The van der Waals surface area contributed by atoms with Gasteiger partial charge in [-0.25, -0.2) is 4.90 Å². The standard InChI is InChI=1S/C26H24N2O4/c1-3-17-32-22-16-10-8-14-20(22)28-25(29)23(18-11-5-4-6-12-18)24(26(28)30)27-19-13-7-9-15-21(19)31-2/h4-16,27H,3,17H2,1-2H3. The number of hydrogen-bond donors (Lipinski definition) is 1. The molecule has 0 fully saturated rings. The summed E-state index contributed by atoms with van der Waals surface area (Å²) in [6.07, 6.45) is 0.810. The minimum atomic E-state index is -0.452. The Labute approximate surface area is 187 Å². The Kier molecular flexibility index (Phi) is 6.22. The van der Waals surface area contributed by atoms with Crippen LogP contribution in [0.5, 0.6) is 11.5 Å². The van der Waals surface area contributed by atoms with Gasteiger partial charge in [-0.05, 0) is 36.2 Å². The van der Waals surface area contributed by atoms with Crippen molar-refractivity contribution < 1.29 is 19.1 Å². The van der Waals surface area contributed by atoms with Gasteiger partial charge in [-0.2, -0.15) is 0 Å². The number of carbonyl (C=O) groups excluding carboxylic acids is 2. The summed E-state index contributed by atoms with van der Waals surface area (Å²) in [4.78, 5) is 28.4. The minimum absolute atomic E-state index is 0.191. The van der Waals surface area contributed by atoms with Crippen molar-refractivity contribution >= 4 is 28.8 Å². The maximum atomic E-state index is 13.6. The van der Waals surface area contributed by atoms with Crippen LogP contribution in [0.25, 0.3) is 5.57 Å². The normalized spacial score (nSPS) is 13.5. The second kappa shape index (κ2) is 9.39. The van der Waals surface area contributed by atoms with Crippen LogP contribution in [0.1, 0.15) is 18.9 Å². The maximum absolute atomic E-state index is 13.6. The molecule has 1 aliphatic rings. The number of nitrogens with zero attached hydrogens (tertiary/aromatic N) is 1. The first-order chi connectivity index (χ1) is 15.7. The molecule has 162 valence electrons. The van der Waals surface area contributed by atoms with E-state index in [0.29, 0.717) is 40.6 Å². The highest BCUT2D eigenvalue weighted by Gasteiger charge is 2.41. The Hall–Kier alpha value is -4.06. The van der Waals surface area contributed by atoms with E-state index in [1.54, 1.807) is 37.4 Å². The van der Waals surface area contributed by atoms with Gasteiger partial charge in [0.15, 0.2) is 0 Å². The third-order valence-electron chi connectivity index (χ3n) is 5.08. The molecule has 0 aromatic heterocycles. The Morgan fingerprint density at radius 1 is 0.812 bits per heavy atom. The fourth-order valence-electron chi connectivity index (χ4n) is 3.60. The van der Waals surface area contributed by atoms with Crippen molar-refractivity contribution in [1.82, 2.24) is 0 Å². The number of anilines is 2. The van der Waals surface area contributed by atoms with E-state index >= 15 is 0 Å². The molecule has 2 amide bonds. The van der Waals surface area contributed by atoms with Crippen molar-refractivity contribution in [3.8, 4) is 11.5 Å². The van der Waals surface area contributed by atoms with Crippen molar-refractivity contribution in [3.63, 3.8) is 0 Å². The predicted molar refractivity (Wildman–Crippen MR) is 125 cm³/mol. The molecule has 32 heavy (non-hydrogen) atoms. The van der Waals surface area contributed by atoms with Crippen LogP contribution in [0.4, 0.5) is 11.4 Å². The largest absolute Gasteiger partial charge is 0.495 e. The number of hydrogen-bond acceptors (Lipinski definition) is 5. The second-order valence-electron chi connectivity index (χ2n) is 7.20. The van der Waals surface area contributed by atoms with E-state index in [4.69, 9.17) is 9.47 Å². The molecule has 0 atom stereocenters. The second-order valence-corrected chi connectivity index (χ2v) is 7.20. The molecular formula is C26H24N2O4. The third kappa shape index (κ3) is 3.95. The average molecular weight is 428 g/mol. The summed E-state index contributed by atoms with van der Waals surface area (Å²) in [5.41, 5.74) is 2.15. The first-order valence-corrected chi connectivity index (χ1v) is 10.5. The highest BCUT2D eigenvalue weighted by Crippen LogP contribution is 2.38. The molecule has 0 radical (unpaired) electrons. The van der Waals surface area contributed by atoms with E-state index in [-0.39, 0.29) is 5.70 Å². The molecule has 1 N–H and O–H groups in total. The zero-order valence-electron chi connectivity index (χ0n) is 18.0. The molecule has 1 aliphatic heterocycles. The van der Waals surface area contributed by atoms with Gasteiger partial charge in [0, 0.05) is 0 Å². The minimum Gasteiger partial charge on any atom is -0.495 e. The molecule has 0 bridgehead atoms. The van der Waals surface area contributed by atoms with Crippen molar-refractivity contribution in [2.75, 3.05) is 23.9 Å². The maximum Gasteiger partial charge on any atom is 0.282 e. The molecular weight excluding hydrogens is 404 g/mol. The SMILES string of the molecule is CCCOc1ccccc1N1C(=O)C(Nc2ccccc2OC)=C(c2ccccc2)C1=O. The molecule has 0 aliphatic carbocycles. The van der Waals surface area contributed by atoms with E-state index < -0.39 is 11.8 Å². The number of benzene rings is 3. The Balaban J connectivity index is 1.81. The first kappa shape index (κ1) is 21.2.